The van der Waals surface area contributed by atoms with Crippen LogP contribution in [0.15, 0.2) is 18.2 Å². The monoisotopic (exact) mass is 299 g/mol. The van der Waals surface area contributed by atoms with E-state index < -0.39 is 0 Å². The quantitative estimate of drug-likeness (QED) is 0.692. The van der Waals surface area contributed by atoms with Crippen molar-refractivity contribution in [1.29, 1.82) is 0 Å². The summed E-state index contributed by atoms with van der Waals surface area (Å²) in [5.74, 6) is 0.00633. The van der Waals surface area contributed by atoms with Gasteiger partial charge in [0.15, 0.2) is 5.78 Å². The van der Waals surface area contributed by atoms with Crippen molar-refractivity contribution in [2.45, 2.75) is 19.9 Å². The Morgan fingerprint density at radius 1 is 1.35 bits per heavy atom. The number of nitrogens with zero attached hydrogens (tertiary/aromatic N) is 1. The van der Waals surface area contributed by atoms with Gasteiger partial charge in [-0.3, -0.25) is 4.79 Å². The highest BCUT2D eigenvalue weighted by molar-refractivity contribution is 6.33. The molecule has 0 saturated heterocycles. The summed E-state index contributed by atoms with van der Waals surface area (Å²) in [7, 11) is 3.34. The second kappa shape index (κ2) is 8.25. The van der Waals surface area contributed by atoms with Crippen LogP contribution in [0.2, 0.25) is 5.02 Å². The third-order valence-electron chi connectivity index (χ3n) is 3.14. The van der Waals surface area contributed by atoms with E-state index in [4.69, 9.17) is 21.1 Å². The third-order valence-corrected chi connectivity index (χ3v) is 3.44. The van der Waals surface area contributed by atoms with Crippen LogP contribution in [0.3, 0.4) is 0 Å². The molecule has 1 unspecified atom stereocenters. The SMILES string of the molecule is COCCN(c1ccc(C(C)=O)cc1Cl)C(C)COC. The van der Waals surface area contributed by atoms with Crippen molar-refractivity contribution < 1.29 is 14.3 Å². The average molecular weight is 300 g/mol. The Kier molecular flexibility index (Phi) is 6.99. The summed E-state index contributed by atoms with van der Waals surface area (Å²) in [6, 6.07) is 5.54. The van der Waals surface area contributed by atoms with Crippen molar-refractivity contribution in [3.05, 3.63) is 28.8 Å². The standard InChI is InChI=1S/C15H22ClNO3/c1-11(10-20-4)17(7-8-19-3)15-6-5-13(12(2)18)9-14(15)16/h5-6,9,11H,7-8,10H2,1-4H3. The molecule has 112 valence electrons. The number of hydrogen-bond acceptors (Lipinski definition) is 4. The molecular weight excluding hydrogens is 278 g/mol. The fraction of sp³-hybridized carbons (Fsp3) is 0.533. The molecule has 5 heteroatoms. The molecule has 1 aromatic rings. The molecule has 20 heavy (non-hydrogen) atoms. The van der Waals surface area contributed by atoms with Crippen LogP contribution in [0.25, 0.3) is 0 Å². The highest BCUT2D eigenvalue weighted by atomic mass is 35.5. The summed E-state index contributed by atoms with van der Waals surface area (Å²) in [4.78, 5) is 13.5. The first-order valence-corrected chi connectivity index (χ1v) is 6.94. The molecule has 0 heterocycles. The van der Waals surface area contributed by atoms with E-state index in [1.165, 1.54) is 6.92 Å². The minimum Gasteiger partial charge on any atom is -0.383 e. The van der Waals surface area contributed by atoms with E-state index in [1.807, 2.05) is 6.07 Å². The lowest BCUT2D eigenvalue weighted by Gasteiger charge is -2.31. The number of Topliss-reactive ketones (excluding diaryl/α,β-unsaturated/α-hetero) is 1. The van der Waals surface area contributed by atoms with E-state index >= 15 is 0 Å². The van der Waals surface area contributed by atoms with Gasteiger partial charge >= 0.3 is 0 Å². The second-order valence-corrected chi connectivity index (χ2v) is 5.12. The Bertz CT molecular complexity index is 451. The Balaban J connectivity index is 3.03. The van der Waals surface area contributed by atoms with Crippen LogP contribution >= 0.6 is 11.6 Å². The lowest BCUT2D eigenvalue weighted by atomic mass is 10.1. The maximum Gasteiger partial charge on any atom is 0.159 e. The van der Waals surface area contributed by atoms with Crippen LogP contribution in [-0.4, -0.2) is 45.8 Å². The predicted octanol–water partition coefficient (Wildman–Crippen LogP) is 3.03. The first-order chi connectivity index (χ1) is 9.51. The molecule has 0 N–H and O–H groups in total. The number of ether oxygens (including phenoxy) is 2. The molecule has 0 aliphatic carbocycles. The molecule has 1 aromatic carbocycles. The highest BCUT2D eigenvalue weighted by Crippen LogP contribution is 2.28. The molecule has 0 amide bonds. The smallest absolute Gasteiger partial charge is 0.159 e. The van der Waals surface area contributed by atoms with Crippen LogP contribution in [0.5, 0.6) is 0 Å². The summed E-state index contributed by atoms with van der Waals surface area (Å²) in [5, 5.41) is 0.566. The molecule has 0 aliphatic rings. The topological polar surface area (TPSA) is 38.8 Å². The minimum absolute atomic E-state index is 0.00633. The molecule has 0 fully saturated rings. The van der Waals surface area contributed by atoms with Gasteiger partial charge in [0.25, 0.3) is 0 Å². The van der Waals surface area contributed by atoms with Crippen LogP contribution in [-0.2, 0) is 9.47 Å². The Labute approximate surface area is 125 Å². The Morgan fingerprint density at radius 3 is 2.55 bits per heavy atom. The molecule has 0 aliphatic heterocycles. The van der Waals surface area contributed by atoms with E-state index in [9.17, 15) is 4.79 Å². The number of halogens is 1. The number of ketones is 1. The third kappa shape index (κ3) is 4.47. The predicted molar refractivity (Wildman–Crippen MR) is 82.0 cm³/mol. The van der Waals surface area contributed by atoms with Crippen LogP contribution < -0.4 is 4.90 Å². The number of methoxy groups -OCH3 is 2. The fourth-order valence-corrected chi connectivity index (χ4v) is 2.35. The summed E-state index contributed by atoms with van der Waals surface area (Å²) < 4.78 is 10.4. The first kappa shape index (κ1) is 17.0. The van der Waals surface area contributed by atoms with Gasteiger partial charge in [-0.15, -0.1) is 0 Å². The molecule has 0 aromatic heterocycles. The van der Waals surface area contributed by atoms with Gasteiger partial charge in [0.05, 0.1) is 23.9 Å². The van der Waals surface area contributed by atoms with Gasteiger partial charge < -0.3 is 14.4 Å². The summed E-state index contributed by atoms with van der Waals surface area (Å²) in [6.07, 6.45) is 0. The van der Waals surface area contributed by atoms with Crippen LogP contribution in [0.4, 0.5) is 5.69 Å². The normalized spacial score (nSPS) is 12.2. The maximum absolute atomic E-state index is 11.4. The zero-order valence-electron chi connectivity index (χ0n) is 12.5. The van der Waals surface area contributed by atoms with Gasteiger partial charge in [-0.1, -0.05) is 11.6 Å². The van der Waals surface area contributed by atoms with E-state index in [2.05, 4.69) is 11.8 Å². The fourth-order valence-electron chi connectivity index (χ4n) is 2.06. The Hall–Kier alpha value is -1.10. The van der Waals surface area contributed by atoms with Gasteiger partial charge in [-0.05, 0) is 32.0 Å². The first-order valence-electron chi connectivity index (χ1n) is 6.56. The summed E-state index contributed by atoms with van der Waals surface area (Å²) in [5.41, 5.74) is 1.50. The number of anilines is 1. The van der Waals surface area contributed by atoms with Gasteiger partial charge in [0.1, 0.15) is 0 Å². The van der Waals surface area contributed by atoms with E-state index in [1.54, 1.807) is 26.4 Å². The molecule has 0 bridgehead atoms. The number of benzene rings is 1. The number of rotatable bonds is 8. The molecule has 1 atom stereocenters. The van der Waals surface area contributed by atoms with Crippen LogP contribution in [0, 0.1) is 0 Å². The summed E-state index contributed by atoms with van der Waals surface area (Å²) in [6.45, 7) is 5.49. The van der Waals surface area contributed by atoms with Crippen molar-refractivity contribution >= 4 is 23.1 Å². The van der Waals surface area contributed by atoms with Gasteiger partial charge in [0.2, 0.25) is 0 Å². The Morgan fingerprint density at radius 2 is 2.05 bits per heavy atom. The van der Waals surface area contributed by atoms with Crippen molar-refractivity contribution in [3.63, 3.8) is 0 Å². The van der Waals surface area contributed by atoms with Gasteiger partial charge in [-0.2, -0.15) is 0 Å². The highest BCUT2D eigenvalue weighted by Gasteiger charge is 2.17. The van der Waals surface area contributed by atoms with E-state index in [-0.39, 0.29) is 11.8 Å². The van der Waals surface area contributed by atoms with Crippen molar-refractivity contribution in [2.75, 3.05) is 38.9 Å². The molecule has 0 radical (unpaired) electrons. The minimum atomic E-state index is 0.00633. The lowest BCUT2D eigenvalue weighted by Crippen LogP contribution is -2.38. The molecule has 1 rings (SSSR count). The second-order valence-electron chi connectivity index (χ2n) is 4.71. The zero-order chi connectivity index (χ0) is 15.1. The zero-order valence-corrected chi connectivity index (χ0v) is 13.2. The van der Waals surface area contributed by atoms with E-state index in [0.29, 0.717) is 30.3 Å². The largest absolute Gasteiger partial charge is 0.383 e. The average Bonchev–Trinajstić information content (AvgIpc) is 2.40. The molecular formula is C15H22ClNO3. The van der Waals surface area contributed by atoms with Gasteiger partial charge in [0, 0.05) is 32.4 Å². The number of carbonyl (C=O) groups excluding carboxylic acids is 1. The van der Waals surface area contributed by atoms with Crippen LogP contribution in [0.1, 0.15) is 24.2 Å². The molecule has 0 spiro atoms. The van der Waals surface area contributed by atoms with Gasteiger partial charge in [-0.25, -0.2) is 0 Å². The van der Waals surface area contributed by atoms with E-state index in [0.717, 1.165) is 5.69 Å². The molecule has 4 nitrogen and oxygen atoms in total. The van der Waals surface area contributed by atoms with Crippen molar-refractivity contribution in [1.82, 2.24) is 0 Å². The lowest BCUT2D eigenvalue weighted by molar-refractivity contribution is 0.101. The van der Waals surface area contributed by atoms with Crippen molar-refractivity contribution in [3.8, 4) is 0 Å². The summed E-state index contributed by atoms with van der Waals surface area (Å²) >= 11 is 6.32. The maximum atomic E-state index is 11.4. The number of hydrogen-bond donors (Lipinski definition) is 0. The van der Waals surface area contributed by atoms with Crippen molar-refractivity contribution in [2.24, 2.45) is 0 Å². The number of carbonyl (C=O) groups is 1. The molecule has 0 saturated carbocycles.